The van der Waals surface area contributed by atoms with Crippen LogP contribution in [0.1, 0.15) is 73.1 Å². The first-order valence-electron chi connectivity index (χ1n) is 8.89. The highest BCUT2D eigenvalue weighted by atomic mass is 15.2. The van der Waals surface area contributed by atoms with Gasteiger partial charge in [0.1, 0.15) is 0 Å². The number of nitrogens with zero attached hydrogens (tertiary/aromatic N) is 1. The van der Waals surface area contributed by atoms with Crippen molar-refractivity contribution in [2.75, 3.05) is 20.1 Å². The molecule has 0 aromatic rings. The molecule has 0 saturated heterocycles. The van der Waals surface area contributed by atoms with Crippen LogP contribution in [0.3, 0.4) is 0 Å². The summed E-state index contributed by atoms with van der Waals surface area (Å²) < 4.78 is 0. The Labute approximate surface area is 127 Å². The Morgan fingerprint density at radius 2 is 1.85 bits per heavy atom. The fourth-order valence-electron chi connectivity index (χ4n) is 3.71. The van der Waals surface area contributed by atoms with Crippen LogP contribution in [0.5, 0.6) is 0 Å². The molecule has 0 heterocycles. The minimum Gasteiger partial charge on any atom is -0.313 e. The third-order valence-electron chi connectivity index (χ3n) is 5.73. The van der Waals surface area contributed by atoms with E-state index < -0.39 is 0 Å². The Morgan fingerprint density at radius 1 is 1.15 bits per heavy atom. The van der Waals surface area contributed by atoms with Gasteiger partial charge in [-0.3, -0.25) is 0 Å². The minimum atomic E-state index is 0.501. The number of unbranched alkanes of at least 4 members (excludes halogenated alkanes) is 1. The van der Waals surface area contributed by atoms with Gasteiger partial charge in [0.15, 0.2) is 0 Å². The maximum atomic E-state index is 3.74. The maximum absolute atomic E-state index is 3.74. The molecule has 1 rings (SSSR count). The second kappa shape index (κ2) is 8.38. The first-order chi connectivity index (χ1) is 9.46. The van der Waals surface area contributed by atoms with Crippen LogP contribution >= 0.6 is 0 Å². The lowest BCUT2D eigenvalue weighted by Gasteiger charge is -2.46. The van der Waals surface area contributed by atoms with Gasteiger partial charge >= 0.3 is 0 Å². The van der Waals surface area contributed by atoms with Crippen LogP contribution in [0.15, 0.2) is 0 Å². The molecule has 0 radical (unpaired) electrons. The van der Waals surface area contributed by atoms with Crippen molar-refractivity contribution in [1.82, 2.24) is 10.2 Å². The van der Waals surface area contributed by atoms with Crippen LogP contribution in [-0.4, -0.2) is 37.1 Å². The summed E-state index contributed by atoms with van der Waals surface area (Å²) in [5.74, 6) is 0.886. The van der Waals surface area contributed by atoms with E-state index in [1.165, 1.54) is 45.1 Å². The topological polar surface area (TPSA) is 15.3 Å². The molecule has 2 nitrogen and oxygen atoms in total. The minimum absolute atomic E-state index is 0.501. The average Bonchev–Trinajstić information content (AvgIpc) is 2.45. The molecule has 0 amide bonds. The number of hydrogen-bond donors (Lipinski definition) is 1. The van der Waals surface area contributed by atoms with E-state index >= 15 is 0 Å². The van der Waals surface area contributed by atoms with Crippen LogP contribution in [0.25, 0.3) is 0 Å². The summed E-state index contributed by atoms with van der Waals surface area (Å²) in [6.45, 7) is 14.2. The maximum Gasteiger partial charge on any atom is 0.0249 e. The molecule has 2 heteroatoms. The Morgan fingerprint density at radius 3 is 2.40 bits per heavy atom. The fraction of sp³-hybridized carbons (Fsp3) is 1.00. The van der Waals surface area contributed by atoms with Crippen molar-refractivity contribution in [3.8, 4) is 0 Å². The third-order valence-corrected chi connectivity index (χ3v) is 5.73. The first-order valence-corrected chi connectivity index (χ1v) is 8.89. The smallest absolute Gasteiger partial charge is 0.0249 e. The molecule has 20 heavy (non-hydrogen) atoms. The summed E-state index contributed by atoms with van der Waals surface area (Å²) in [6, 6.07) is 1.43. The molecule has 1 aliphatic rings. The van der Waals surface area contributed by atoms with E-state index in [2.05, 4.69) is 51.9 Å². The summed E-state index contributed by atoms with van der Waals surface area (Å²) >= 11 is 0. The molecule has 0 spiro atoms. The summed E-state index contributed by atoms with van der Waals surface area (Å²) in [5, 5.41) is 3.74. The van der Waals surface area contributed by atoms with E-state index in [0.717, 1.165) is 18.5 Å². The van der Waals surface area contributed by atoms with Crippen molar-refractivity contribution < 1.29 is 0 Å². The van der Waals surface area contributed by atoms with E-state index in [0.29, 0.717) is 11.5 Å². The van der Waals surface area contributed by atoms with Crippen LogP contribution in [0.4, 0.5) is 0 Å². The molecule has 1 fully saturated rings. The van der Waals surface area contributed by atoms with Gasteiger partial charge in [-0.05, 0) is 57.2 Å². The Hall–Kier alpha value is -0.0800. The highest BCUT2D eigenvalue weighted by Gasteiger charge is 2.38. The van der Waals surface area contributed by atoms with Crippen molar-refractivity contribution in [2.45, 2.75) is 85.2 Å². The van der Waals surface area contributed by atoms with Crippen LogP contribution < -0.4 is 5.32 Å². The Balaban J connectivity index is 2.71. The predicted molar refractivity (Wildman–Crippen MR) is 90.2 cm³/mol. The summed E-state index contributed by atoms with van der Waals surface area (Å²) in [6.07, 6.45) is 8.05. The molecule has 3 atom stereocenters. The van der Waals surface area contributed by atoms with Crippen molar-refractivity contribution in [2.24, 2.45) is 11.3 Å². The van der Waals surface area contributed by atoms with Gasteiger partial charge in [-0.15, -0.1) is 0 Å². The normalized spacial score (nSPS) is 28.1. The van der Waals surface area contributed by atoms with E-state index in [4.69, 9.17) is 0 Å². The SMILES string of the molecule is CCCCN(C)C1CC(C(C)(C)CC)CCC1NCC. The van der Waals surface area contributed by atoms with Gasteiger partial charge < -0.3 is 10.2 Å². The molecule has 1 aliphatic carbocycles. The highest BCUT2D eigenvalue weighted by Crippen LogP contribution is 2.41. The lowest BCUT2D eigenvalue weighted by molar-refractivity contribution is 0.0622. The molecule has 1 saturated carbocycles. The Bertz CT molecular complexity index is 262. The van der Waals surface area contributed by atoms with Gasteiger partial charge in [-0.1, -0.05) is 47.5 Å². The zero-order valence-electron chi connectivity index (χ0n) is 14.8. The van der Waals surface area contributed by atoms with Crippen molar-refractivity contribution in [3.63, 3.8) is 0 Å². The Kier molecular flexibility index (Phi) is 7.53. The summed E-state index contributed by atoms with van der Waals surface area (Å²) in [5.41, 5.74) is 0.501. The van der Waals surface area contributed by atoms with Crippen molar-refractivity contribution in [3.05, 3.63) is 0 Å². The van der Waals surface area contributed by atoms with Crippen molar-refractivity contribution >= 4 is 0 Å². The molecule has 0 aliphatic heterocycles. The second-order valence-corrected chi connectivity index (χ2v) is 7.42. The highest BCUT2D eigenvalue weighted by molar-refractivity contribution is 4.94. The standard InChI is InChI=1S/C18H38N2/c1-7-10-13-20(6)17-14-15(18(4,5)8-2)11-12-16(17)19-9-3/h15-17,19H,7-14H2,1-6H3. The molecule has 0 aromatic heterocycles. The lowest BCUT2D eigenvalue weighted by Crippen LogP contribution is -2.53. The third kappa shape index (κ3) is 4.73. The number of nitrogens with one attached hydrogen (secondary N) is 1. The molecular weight excluding hydrogens is 244 g/mol. The van der Waals surface area contributed by atoms with E-state index in [1.54, 1.807) is 0 Å². The number of rotatable bonds is 8. The molecule has 0 bridgehead atoms. The van der Waals surface area contributed by atoms with E-state index in [9.17, 15) is 0 Å². The van der Waals surface area contributed by atoms with Gasteiger partial charge in [-0.2, -0.15) is 0 Å². The zero-order chi connectivity index (χ0) is 15.2. The van der Waals surface area contributed by atoms with Crippen molar-refractivity contribution in [1.29, 1.82) is 0 Å². The second-order valence-electron chi connectivity index (χ2n) is 7.42. The number of hydrogen-bond acceptors (Lipinski definition) is 2. The molecule has 0 aromatic carbocycles. The zero-order valence-corrected chi connectivity index (χ0v) is 14.8. The first kappa shape index (κ1) is 18.0. The van der Waals surface area contributed by atoms with Gasteiger partial charge in [0.05, 0.1) is 0 Å². The van der Waals surface area contributed by atoms with E-state index in [-0.39, 0.29) is 0 Å². The van der Waals surface area contributed by atoms with Gasteiger partial charge in [0.2, 0.25) is 0 Å². The molecule has 120 valence electrons. The van der Waals surface area contributed by atoms with Crippen LogP contribution in [0, 0.1) is 11.3 Å². The summed E-state index contributed by atoms with van der Waals surface area (Å²) in [4.78, 5) is 2.63. The lowest BCUT2D eigenvalue weighted by atomic mass is 9.67. The van der Waals surface area contributed by atoms with Crippen LogP contribution in [0.2, 0.25) is 0 Å². The molecular formula is C18H38N2. The van der Waals surface area contributed by atoms with Gasteiger partial charge in [-0.25, -0.2) is 0 Å². The largest absolute Gasteiger partial charge is 0.313 e. The predicted octanol–water partition coefficient (Wildman–Crippen LogP) is 4.30. The number of likely N-dealkylation sites (N-methyl/N-ethyl adjacent to an activating group) is 2. The van der Waals surface area contributed by atoms with Gasteiger partial charge in [0, 0.05) is 12.1 Å². The van der Waals surface area contributed by atoms with E-state index in [1.807, 2.05) is 0 Å². The fourth-order valence-corrected chi connectivity index (χ4v) is 3.71. The average molecular weight is 283 g/mol. The molecule has 3 unspecified atom stereocenters. The quantitative estimate of drug-likeness (QED) is 0.714. The van der Waals surface area contributed by atoms with Crippen LogP contribution in [-0.2, 0) is 0 Å². The van der Waals surface area contributed by atoms with Gasteiger partial charge in [0.25, 0.3) is 0 Å². The molecule has 1 N–H and O–H groups in total. The summed E-state index contributed by atoms with van der Waals surface area (Å²) in [7, 11) is 2.34. The monoisotopic (exact) mass is 282 g/mol.